The lowest BCUT2D eigenvalue weighted by molar-refractivity contribution is 0.0995. The number of hydrogen-bond donors (Lipinski definition) is 1. The van der Waals surface area contributed by atoms with E-state index in [1.165, 1.54) is 0 Å². The van der Waals surface area contributed by atoms with Crippen molar-refractivity contribution in [3.8, 4) is 5.75 Å². The Bertz CT molecular complexity index is 563. The van der Waals surface area contributed by atoms with Gasteiger partial charge in [0.05, 0.1) is 6.61 Å². The number of benzene rings is 1. The van der Waals surface area contributed by atoms with Crippen LogP contribution in [0.4, 0.5) is 5.69 Å². The first kappa shape index (κ1) is 14.9. The number of nitrogens with one attached hydrogen (secondary N) is 1. The van der Waals surface area contributed by atoms with Gasteiger partial charge in [0.25, 0.3) is 5.91 Å². The summed E-state index contributed by atoms with van der Waals surface area (Å²) in [6, 6.07) is 10.7. The lowest BCUT2D eigenvalue weighted by Crippen LogP contribution is -2.10. The van der Waals surface area contributed by atoms with Crippen LogP contribution in [0.1, 0.15) is 30.3 Å². The van der Waals surface area contributed by atoms with Gasteiger partial charge in [-0.1, -0.05) is 13.3 Å². The molecule has 1 aromatic heterocycles. The second-order valence-electron chi connectivity index (χ2n) is 4.28. The number of carbonyl (C=O) groups is 1. The van der Waals surface area contributed by atoms with Gasteiger partial charge < -0.3 is 14.5 Å². The molecule has 0 aliphatic heterocycles. The van der Waals surface area contributed by atoms with E-state index in [0.29, 0.717) is 21.8 Å². The molecular formula is C15H16INO3. The standard InChI is InChI=1S/C15H16INO3/c1-2-3-10-19-12-6-4-11(5-7-12)17-15(18)13-8-9-14(16)20-13/h4-9H,2-3,10H2,1H3,(H,17,18). The van der Waals surface area contributed by atoms with Crippen LogP contribution in [0, 0.1) is 3.77 Å². The minimum Gasteiger partial charge on any atom is -0.494 e. The maximum atomic E-state index is 11.9. The van der Waals surface area contributed by atoms with Crippen LogP contribution in [-0.4, -0.2) is 12.5 Å². The molecule has 2 rings (SSSR count). The summed E-state index contributed by atoms with van der Waals surface area (Å²) in [5, 5.41) is 2.77. The van der Waals surface area contributed by atoms with E-state index < -0.39 is 0 Å². The minimum atomic E-state index is -0.257. The van der Waals surface area contributed by atoms with E-state index in [1.54, 1.807) is 12.1 Å². The highest BCUT2D eigenvalue weighted by Crippen LogP contribution is 2.17. The predicted molar refractivity (Wildman–Crippen MR) is 86.2 cm³/mol. The molecule has 0 spiro atoms. The quantitative estimate of drug-likeness (QED) is 0.596. The molecule has 1 N–H and O–H groups in total. The van der Waals surface area contributed by atoms with E-state index >= 15 is 0 Å². The lowest BCUT2D eigenvalue weighted by Gasteiger charge is -2.07. The Kier molecular flexibility index (Phi) is 5.46. The van der Waals surface area contributed by atoms with Crippen LogP contribution in [0.15, 0.2) is 40.8 Å². The van der Waals surface area contributed by atoms with Crippen LogP contribution in [-0.2, 0) is 0 Å². The molecule has 0 unspecified atom stereocenters. The molecule has 0 fully saturated rings. The van der Waals surface area contributed by atoms with Crippen molar-refractivity contribution in [2.24, 2.45) is 0 Å². The van der Waals surface area contributed by atoms with Crippen molar-refractivity contribution in [2.75, 3.05) is 11.9 Å². The number of ether oxygens (including phenoxy) is 1. The van der Waals surface area contributed by atoms with Crippen molar-refractivity contribution in [3.05, 3.63) is 45.9 Å². The average molecular weight is 385 g/mol. The maximum Gasteiger partial charge on any atom is 0.291 e. The summed E-state index contributed by atoms with van der Waals surface area (Å²) < 4.78 is 11.5. The first-order chi connectivity index (χ1) is 9.69. The third kappa shape index (κ3) is 4.26. The van der Waals surface area contributed by atoms with E-state index in [2.05, 4.69) is 12.2 Å². The second kappa shape index (κ2) is 7.33. The summed E-state index contributed by atoms with van der Waals surface area (Å²) in [7, 11) is 0. The third-order valence-corrected chi connectivity index (χ3v) is 3.26. The van der Waals surface area contributed by atoms with E-state index in [1.807, 2.05) is 46.9 Å². The van der Waals surface area contributed by atoms with Gasteiger partial charge in [0.1, 0.15) is 5.75 Å². The number of anilines is 1. The Balaban J connectivity index is 1.91. The van der Waals surface area contributed by atoms with Crippen molar-refractivity contribution in [2.45, 2.75) is 19.8 Å². The number of halogens is 1. The van der Waals surface area contributed by atoms with Crippen LogP contribution in [0.25, 0.3) is 0 Å². The van der Waals surface area contributed by atoms with Crippen LogP contribution < -0.4 is 10.1 Å². The fourth-order valence-corrected chi connectivity index (χ4v) is 2.01. The SMILES string of the molecule is CCCCOc1ccc(NC(=O)c2ccc(I)o2)cc1. The van der Waals surface area contributed by atoms with Crippen LogP contribution in [0.3, 0.4) is 0 Å². The minimum absolute atomic E-state index is 0.257. The van der Waals surface area contributed by atoms with Gasteiger partial charge in [0.15, 0.2) is 9.53 Å². The Hall–Kier alpha value is -1.50. The first-order valence-electron chi connectivity index (χ1n) is 6.48. The van der Waals surface area contributed by atoms with Crippen molar-refractivity contribution < 1.29 is 13.9 Å². The van der Waals surface area contributed by atoms with Gasteiger partial charge in [-0.05, 0) is 65.4 Å². The lowest BCUT2D eigenvalue weighted by atomic mass is 10.3. The molecule has 1 amide bonds. The van der Waals surface area contributed by atoms with Crippen LogP contribution in [0.5, 0.6) is 5.75 Å². The second-order valence-corrected chi connectivity index (χ2v) is 5.35. The number of unbranched alkanes of at least 4 members (excludes halogenated alkanes) is 1. The number of carbonyl (C=O) groups excluding carboxylic acids is 1. The zero-order valence-corrected chi connectivity index (χ0v) is 13.3. The molecule has 4 nitrogen and oxygen atoms in total. The summed E-state index contributed by atoms with van der Waals surface area (Å²) in [5.74, 6) is 0.856. The number of rotatable bonds is 6. The summed E-state index contributed by atoms with van der Waals surface area (Å²) in [6.07, 6.45) is 2.14. The average Bonchev–Trinajstić information content (AvgIpc) is 2.88. The first-order valence-corrected chi connectivity index (χ1v) is 7.56. The molecule has 0 saturated carbocycles. The highest BCUT2D eigenvalue weighted by atomic mass is 127. The smallest absolute Gasteiger partial charge is 0.291 e. The van der Waals surface area contributed by atoms with Gasteiger partial charge in [-0.25, -0.2) is 0 Å². The van der Waals surface area contributed by atoms with Crippen molar-refractivity contribution in [1.82, 2.24) is 0 Å². The Labute approximate surface area is 131 Å². The fourth-order valence-electron chi connectivity index (χ4n) is 1.60. The molecule has 5 heteroatoms. The van der Waals surface area contributed by atoms with Gasteiger partial charge in [-0.3, -0.25) is 4.79 Å². The molecule has 0 atom stereocenters. The molecule has 1 aromatic carbocycles. The zero-order chi connectivity index (χ0) is 14.4. The van der Waals surface area contributed by atoms with Crippen LogP contribution in [0.2, 0.25) is 0 Å². The predicted octanol–water partition coefficient (Wildman–Crippen LogP) is 4.32. The van der Waals surface area contributed by atoms with Gasteiger partial charge in [0, 0.05) is 5.69 Å². The largest absolute Gasteiger partial charge is 0.494 e. The molecule has 0 radical (unpaired) electrons. The number of furan rings is 1. The molecular weight excluding hydrogens is 369 g/mol. The van der Waals surface area contributed by atoms with Crippen LogP contribution >= 0.6 is 22.6 Å². The fraction of sp³-hybridized carbons (Fsp3) is 0.267. The highest BCUT2D eigenvalue weighted by molar-refractivity contribution is 14.1. The molecule has 0 aliphatic carbocycles. The summed E-state index contributed by atoms with van der Waals surface area (Å²) in [4.78, 5) is 11.9. The van der Waals surface area contributed by atoms with E-state index in [-0.39, 0.29) is 5.91 Å². The summed E-state index contributed by atoms with van der Waals surface area (Å²) in [5.41, 5.74) is 0.712. The molecule has 0 bridgehead atoms. The monoisotopic (exact) mass is 385 g/mol. The third-order valence-electron chi connectivity index (χ3n) is 2.68. The van der Waals surface area contributed by atoms with E-state index in [4.69, 9.17) is 9.15 Å². The Morgan fingerprint density at radius 2 is 2.00 bits per heavy atom. The van der Waals surface area contributed by atoms with Gasteiger partial charge >= 0.3 is 0 Å². The van der Waals surface area contributed by atoms with Crippen molar-refractivity contribution in [3.63, 3.8) is 0 Å². The van der Waals surface area contributed by atoms with Crippen molar-refractivity contribution in [1.29, 1.82) is 0 Å². The van der Waals surface area contributed by atoms with Gasteiger partial charge in [-0.15, -0.1) is 0 Å². The van der Waals surface area contributed by atoms with Crippen molar-refractivity contribution >= 4 is 34.2 Å². The molecule has 1 heterocycles. The maximum absolute atomic E-state index is 11.9. The zero-order valence-electron chi connectivity index (χ0n) is 11.2. The Morgan fingerprint density at radius 3 is 2.60 bits per heavy atom. The molecule has 2 aromatic rings. The molecule has 20 heavy (non-hydrogen) atoms. The normalized spacial score (nSPS) is 10.3. The molecule has 0 aliphatic rings. The van der Waals surface area contributed by atoms with Gasteiger partial charge in [-0.2, -0.15) is 0 Å². The van der Waals surface area contributed by atoms with Gasteiger partial charge in [0.2, 0.25) is 0 Å². The Morgan fingerprint density at radius 1 is 1.25 bits per heavy atom. The summed E-state index contributed by atoms with van der Waals surface area (Å²) in [6.45, 7) is 2.84. The number of hydrogen-bond acceptors (Lipinski definition) is 3. The van der Waals surface area contributed by atoms with E-state index in [9.17, 15) is 4.79 Å². The summed E-state index contributed by atoms with van der Waals surface area (Å²) >= 11 is 2.02. The molecule has 106 valence electrons. The number of amides is 1. The van der Waals surface area contributed by atoms with E-state index in [0.717, 1.165) is 18.6 Å². The highest BCUT2D eigenvalue weighted by Gasteiger charge is 2.10. The molecule has 0 saturated heterocycles. The topological polar surface area (TPSA) is 51.5 Å².